The maximum absolute atomic E-state index is 13.0. The number of thiophene rings is 1. The first-order chi connectivity index (χ1) is 12.1. The van der Waals surface area contributed by atoms with Gasteiger partial charge in [0.2, 0.25) is 5.95 Å². The number of carbonyl (C=O) groups is 1. The van der Waals surface area contributed by atoms with E-state index in [0.717, 1.165) is 32.4 Å². The van der Waals surface area contributed by atoms with E-state index >= 15 is 0 Å². The Balaban J connectivity index is 1.71. The maximum Gasteiger partial charge on any atom is 0.266 e. The van der Waals surface area contributed by atoms with Crippen LogP contribution < -0.4 is 5.73 Å². The highest BCUT2D eigenvalue weighted by molar-refractivity contribution is 7.21. The highest BCUT2D eigenvalue weighted by atomic mass is 32.1. The number of halogens is 1. The van der Waals surface area contributed by atoms with Crippen LogP contribution in [0.15, 0.2) is 24.5 Å². The summed E-state index contributed by atoms with van der Waals surface area (Å²) in [5.41, 5.74) is 8.29. The van der Waals surface area contributed by atoms with Crippen molar-refractivity contribution in [3.8, 4) is 11.3 Å². The van der Waals surface area contributed by atoms with Crippen molar-refractivity contribution in [1.82, 2.24) is 19.9 Å². The molecule has 0 bridgehead atoms. The molecule has 0 saturated carbocycles. The highest BCUT2D eigenvalue weighted by Crippen LogP contribution is 2.33. The first kappa shape index (κ1) is 15.9. The lowest BCUT2D eigenvalue weighted by molar-refractivity contribution is 0.0730. The smallest absolute Gasteiger partial charge is 0.266 e. The van der Waals surface area contributed by atoms with Gasteiger partial charge in [0.1, 0.15) is 15.2 Å². The second-order valence-electron chi connectivity index (χ2n) is 5.98. The minimum atomic E-state index is -0.549. The Kier molecular flexibility index (Phi) is 4.04. The van der Waals surface area contributed by atoms with Crippen LogP contribution in [0.25, 0.3) is 21.6 Å². The average Bonchev–Trinajstić information content (AvgIpc) is 2.98. The summed E-state index contributed by atoms with van der Waals surface area (Å²) in [6.07, 6.45) is 6.17. The topological polar surface area (TPSA) is 85.0 Å². The molecule has 1 saturated heterocycles. The van der Waals surface area contributed by atoms with E-state index in [-0.39, 0.29) is 5.91 Å². The van der Waals surface area contributed by atoms with Crippen LogP contribution in [0.4, 0.5) is 10.1 Å². The fourth-order valence-electron chi connectivity index (χ4n) is 2.95. The molecule has 1 aliphatic rings. The monoisotopic (exact) mass is 357 g/mol. The minimum absolute atomic E-state index is 0.0491. The summed E-state index contributed by atoms with van der Waals surface area (Å²) in [6.45, 7) is 1.53. The molecular weight excluding hydrogens is 341 g/mol. The third-order valence-corrected chi connectivity index (χ3v) is 5.38. The van der Waals surface area contributed by atoms with Crippen molar-refractivity contribution in [2.24, 2.45) is 0 Å². The second-order valence-corrected chi connectivity index (χ2v) is 6.98. The van der Waals surface area contributed by atoms with E-state index in [0.29, 0.717) is 32.2 Å². The fourth-order valence-corrected chi connectivity index (χ4v) is 3.97. The van der Waals surface area contributed by atoms with Gasteiger partial charge in [-0.2, -0.15) is 4.39 Å². The quantitative estimate of drug-likeness (QED) is 0.712. The van der Waals surface area contributed by atoms with Crippen LogP contribution in [-0.4, -0.2) is 38.8 Å². The third-order valence-electron chi connectivity index (χ3n) is 4.30. The van der Waals surface area contributed by atoms with Crippen molar-refractivity contribution in [2.45, 2.75) is 19.3 Å². The average molecular weight is 357 g/mol. The van der Waals surface area contributed by atoms with Crippen molar-refractivity contribution in [3.05, 3.63) is 35.4 Å². The summed E-state index contributed by atoms with van der Waals surface area (Å²) in [5.74, 6) is -0.598. The van der Waals surface area contributed by atoms with E-state index in [9.17, 15) is 9.18 Å². The van der Waals surface area contributed by atoms with Crippen molar-refractivity contribution in [2.75, 3.05) is 18.8 Å². The van der Waals surface area contributed by atoms with E-state index in [1.165, 1.54) is 23.6 Å². The van der Waals surface area contributed by atoms with Crippen LogP contribution in [0.2, 0.25) is 0 Å². The molecule has 0 aromatic carbocycles. The first-order valence-corrected chi connectivity index (χ1v) is 8.91. The predicted octanol–water partition coefficient (Wildman–Crippen LogP) is 3.10. The van der Waals surface area contributed by atoms with Crippen LogP contribution in [0.5, 0.6) is 0 Å². The zero-order valence-electron chi connectivity index (χ0n) is 13.4. The van der Waals surface area contributed by atoms with Crippen molar-refractivity contribution in [1.29, 1.82) is 0 Å². The zero-order chi connectivity index (χ0) is 17.4. The molecule has 3 aromatic rings. The molecule has 0 spiro atoms. The lowest BCUT2D eigenvalue weighted by atomic mass is 10.1. The zero-order valence-corrected chi connectivity index (χ0v) is 14.2. The van der Waals surface area contributed by atoms with E-state index in [1.807, 2.05) is 4.90 Å². The number of aromatic nitrogens is 3. The number of rotatable bonds is 2. The van der Waals surface area contributed by atoms with Gasteiger partial charge in [-0.05, 0) is 31.4 Å². The standard InChI is InChI=1S/C17H16FN5OS/c18-12-5-4-10(8-20-12)11-9-21-14-13(19)15(25-16(14)22-11)17(24)23-6-2-1-3-7-23/h4-5,8-9H,1-3,6-7,19H2. The molecule has 0 aliphatic carbocycles. The van der Waals surface area contributed by atoms with Gasteiger partial charge in [0.15, 0.2) is 0 Å². The Hall–Kier alpha value is -2.61. The number of nitrogen functional groups attached to an aromatic ring is 1. The Morgan fingerprint density at radius 1 is 1.16 bits per heavy atom. The number of likely N-dealkylation sites (tertiary alicyclic amines) is 1. The van der Waals surface area contributed by atoms with Crippen molar-refractivity contribution in [3.63, 3.8) is 0 Å². The molecular formula is C17H16FN5OS. The summed E-state index contributed by atoms with van der Waals surface area (Å²) in [5, 5.41) is 0. The molecule has 4 rings (SSSR count). The molecule has 6 nitrogen and oxygen atoms in total. The van der Waals surface area contributed by atoms with Gasteiger partial charge in [0, 0.05) is 24.8 Å². The van der Waals surface area contributed by atoms with E-state index in [1.54, 1.807) is 12.3 Å². The summed E-state index contributed by atoms with van der Waals surface area (Å²) in [6, 6.07) is 2.87. The van der Waals surface area contributed by atoms with Gasteiger partial charge in [0.25, 0.3) is 5.91 Å². The molecule has 1 amide bonds. The van der Waals surface area contributed by atoms with E-state index in [4.69, 9.17) is 5.73 Å². The third kappa shape index (κ3) is 2.93. The van der Waals surface area contributed by atoms with Crippen molar-refractivity contribution >= 4 is 33.3 Å². The summed E-state index contributed by atoms with van der Waals surface area (Å²) >= 11 is 1.25. The van der Waals surface area contributed by atoms with Gasteiger partial charge in [0.05, 0.1) is 17.6 Å². The van der Waals surface area contributed by atoms with Gasteiger partial charge >= 0.3 is 0 Å². The SMILES string of the molecule is Nc1c(C(=O)N2CCCCC2)sc2nc(-c3ccc(F)nc3)cnc12. The number of hydrogen-bond donors (Lipinski definition) is 1. The number of pyridine rings is 1. The Morgan fingerprint density at radius 3 is 2.68 bits per heavy atom. The van der Waals surface area contributed by atoms with Crippen LogP contribution in [-0.2, 0) is 0 Å². The normalized spacial score (nSPS) is 14.8. The van der Waals surface area contributed by atoms with Gasteiger partial charge in [-0.15, -0.1) is 11.3 Å². The number of nitrogens with zero attached hydrogens (tertiary/aromatic N) is 4. The molecule has 0 radical (unpaired) electrons. The Labute approximate surface area is 147 Å². The number of carbonyl (C=O) groups excluding carboxylic acids is 1. The minimum Gasteiger partial charge on any atom is -0.396 e. The number of hydrogen-bond acceptors (Lipinski definition) is 6. The molecule has 8 heteroatoms. The molecule has 4 heterocycles. The van der Waals surface area contributed by atoms with Gasteiger partial charge in [-0.3, -0.25) is 4.79 Å². The van der Waals surface area contributed by atoms with Gasteiger partial charge in [-0.25, -0.2) is 15.0 Å². The number of anilines is 1. The van der Waals surface area contributed by atoms with Crippen LogP contribution in [0.1, 0.15) is 28.9 Å². The number of piperidine rings is 1. The summed E-state index contributed by atoms with van der Waals surface area (Å²) < 4.78 is 13.0. The lowest BCUT2D eigenvalue weighted by Gasteiger charge is -2.26. The molecule has 0 atom stereocenters. The molecule has 0 unspecified atom stereocenters. The van der Waals surface area contributed by atoms with Crippen LogP contribution in [0.3, 0.4) is 0 Å². The molecule has 1 fully saturated rings. The van der Waals surface area contributed by atoms with Crippen molar-refractivity contribution < 1.29 is 9.18 Å². The van der Waals surface area contributed by atoms with Crippen LogP contribution in [0, 0.1) is 5.95 Å². The predicted molar refractivity (Wildman–Crippen MR) is 94.8 cm³/mol. The highest BCUT2D eigenvalue weighted by Gasteiger charge is 2.24. The van der Waals surface area contributed by atoms with E-state index in [2.05, 4.69) is 15.0 Å². The Bertz CT molecular complexity index is 934. The van der Waals surface area contributed by atoms with Gasteiger partial charge in [-0.1, -0.05) is 0 Å². The molecule has 1 aliphatic heterocycles. The second kappa shape index (κ2) is 6.36. The first-order valence-electron chi connectivity index (χ1n) is 8.09. The van der Waals surface area contributed by atoms with E-state index < -0.39 is 5.95 Å². The number of amides is 1. The number of nitrogens with two attached hydrogens (primary N) is 1. The Morgan fingerprint density at radius 2 is 1.96 bits per heavy atom. The summed E-state index contributed by atoms with van der Waals surface area (Å²) in [4.78, 5) is 28.2. The molecule has 2 N–H and O–H groups in total. The molecule has 25 heavy (non-hydrogen) atoms. The molecule has 3 aromatic heterocycles. The largest absolute Gasteiger partial charge is 0.396 e. The van der Waals surface area contributed by atoms with Crippen LogP contribution >= 0.6 is 11.3 Å². The maximum atomic E-state index is 13.0. The fraction of sp³-hybridized carbons (Fsp3) is 0.294. The lowest BCUT2D eigenvalue weighted by Crippen LogP contribution is -2.35. The number of fused-ring (bicyclic) bond motifs is 1. The summed E-state index contributed by atoms with van der Waals surface area (Å²) in [7, 11) is 0. The van der Waals surface area contributed by atoms with Gasteiger partial charge < -0.3 is 10.6 Å². The molecule has 128 valence electrons.